The van der Waals surface area contributed by atoms with Crippen molar-refractivity contribution in [1.29, 1.82) is 0 Å². The monoisotopic (exact) mass is 246 g/mol. The fourth-order valence-corrected chi connectivity index (χ4v) is 2.79. The fraction of sp³-hybridized carbons (Fsp3) is 0.625. The van der Waals surface area contributed by atoms with Crippen LogP contribution in [0.25, 0.3) is 0 Å². The molecule has 0 spiro atoms. The van der Waals surface area contributed by atoms with Crippen molar-refractivity contribution < 1.29 is 0 Å². The van der Waals surface area contributed by atoms with Gasteiger partial charge in [0.2, 0.25) is 0 Å². The lowest BCUT2D eigenvalue weighted by Gasteiger charge is -2.24. The van der Waals surface area contributed by atoms with E-state index in [0.29, 0.717) is 0 Å². The molecular formula is C16H26N2. The summed E-state index contributed by atoms with van der Waals surface area (Å²) in [5, 5.41) is 0. The zero-order valence-electron chi connectivity index (χ0n) is 11.4. The maximum atomic E-state index is 5.80. The second-order valence-corrected chi connectivity index (χ2v) is 5.46. The highest BCUT2D eigenvalue weighted by Crippen LogP contribution is 2.12. The third-order valence-electron chi connectivity index (χ3n) is 3.84. The lowest BCUT2D eigenvalue weighted by molar-refractivity contribution is 0.245. The number of nitrogens with two attached hydrogens (primary N) is 1. The van der Waals surface area contributed by atoms with Crippen molar-refractivity contribution >= 4 is 5.69 Å². The molecule has 1 aliphatic rings. The van der Waals surface area contributed by atoms with Gasteiger partial charge in [0.25, 0.3) is 0 Å². The van der Waals surface area contributed by atoms with E-state index in [1.165, 1.54) is 63.7 Å². The van der Waals surface area contributed by atoms with Gasteiger partial charge in [0, 0.05) is 5.69 Å². The normalized spacial score (nSPS) is 18.2. The van der Waals surface area contributed by atoms with Gasteiger partial charge in [0.15, 0.2) is 0 Å². The van der Waals surface area contributed by atoms with Crippen LogP contribution in [-0.2, 0) is 6.42 Å². The number of nitrogen functional groups attached to an aromatic ring is 1. The first-order valence-corrected chi connectivity index (χ1v) is 7.41. The molecule has 0 aromatic heterocycles. The summed E-state index contributed by atoms with van der Waals surface area (Å²) in [6, 6.07) is 8.31. The first kappa shape index (κ1) is 13.4. The Kier molecular flexibility index (Phi) is 5.53. The van der Waals surface area contributed by atoms with Gasteiger partial charge in [-0.3, -0.25) is 0 Å². The Hall–Kier alpha value is -1.02. The lowest BCUT2D eigenvalue weighted by atomic mass is 10.1. The van der Waals surface area contributed by atoms with E-state index in [0.717, 1.165) is 12.1 Å². The quantitative estimate of drug-likeness (QED) is 0.824. The van der Waals surface area contributed by atoms with Gasteiger partial charge in [-0.25, -0.2) is 0 Å². The van der Waals surface area contributed by atoms with E-state index in [1.54, 1.807) is 0 Å². The molecule has 1 heterocycles. The van der Waals surface area contributed by atoms with Crippen LogP contribution in [0.4, 0.5) is 5.69 Å². The predicted octanol–water partition coefficient (Wildman–Crippen LogP) is 3.47. The average Bonchev–Trinajstić information content (AvgIpc) is 2.32. The molecule has 2 heteroatoms. The van der Waals surface area contributed by atoms with Crippen LogP contribution in [0.1, 0.15) is 44.1 Å². The average molecular weight is 246 g/mol. The second kappa shape index (κ2) is 7.42. The molecule has 1 aromatic carbocycles. The molecule has 0 bridgehead atoms. The topological polar surface area (TPSA) is 29.3 Å². The zero-order chi connectivity index (χ0) is 12.6. The standard InChI is InChI=1S/C16H26N2/c17-16-10-6-8-15(14-16)9-7-13-18-11-4-2-1-3-5-12-18/h6,8,10,14H,1-5,7,9,11-13,17H2. The summed E-state index contributed by atoms with van der Waals surface area (Å²) in [5.41, 5.74) is 8.07. The van der Waals surface area contributed by atoms with Crippen LogP contribution in [-0.4, -0.2) is 24.5 Å². The van der Waals surface area contributed by atoms with Crippen molar-refractivity contribution in [2.45, 2.75) is 44.9 Å². The minimum atomic E-state index is 0.888. The molecule has 1 aromatic rings. The van der Waals surface area contributed by atoms with Crippen LogP contribution in [0, 0.1) is 0 Å². The summed E-state index contributed by atoms with van der Waals surface area (Å²) >= 11 is 0. The van der Waals surface area contributed by atoms with Gasteiger partial charge < -0.3 is 10.6 Å². The van der Waals surface area contributed by atoms with E-state index in [1.807, 2.05) is 6.07 Å². The molecule has 2 nitrogen and oxygen atoms in total. The van der Waals surface area contributed by atoms with E-state index >= 15 is 0 Å². The number of hydrogen-bond acceptors (Lipinski definition) is 2. The van der Waals surface area contributed by atoms with Crippen LogP contribution in [0.3, 0.4) is 0 Å². The number of nitrogens with zero attached hydrogens (tertiary/aromatic N) is 1. The molecule has 2 rings (SSSR count). The Morgan fingerprint density at radius 2 is 1.72 bits per heavy atom. The minimum absolute atomic E-state index is 0.888. The summed E-state index contributed by atoms with van der Waals surface area (Å²) in [6.45, 7) is 3.85. The highest BCUT2D eigenvalue weighted by atomic mass is 15.1. The van der Waals surface area contributed by atoms with Crippen LogP contribution in [0.15, 0.2) is 24.3 Å². The number of rotatable bonds is 4. The molecule has 0 radical (unpaired) electrons. The summed E-state index contributed by atoms with van der Waals surface area (Å²) in [5.74, 6) is 0. The Morgan fingerprint density at radius 1 is 1.00 bits per heavy atom. The van der Waals surface area contributed by atoms with E-state index in [4.69, 9.17) is 5.73 Å². The summed E-state index contributed by atoms with van der Waals surface area (Å²) < 4.78 is 0. The second-order valence-electron chi connectivity index (χ2n) is 5.46. The summed E-state index contributed by atoms with van der Waals surface area (Å²) in [7, 11) is 0. The van der Waals surface area contributed by atoms with Gasteiger partial charge in [-0.05, 0) is 63.0 Å². The minimum Gasteiger partial charge on any atom is -0.399 e. The molecule has 0 amide bonds. The van der Waals surface area contributed by atoms with Gasteiger partial charge in [-0.2, -0.15) is 0 Å². The van der Waals surface area contributed by atoms with E-state index in [9.17, 15) is 0 Å². The first-order valence-electron chi connectivity index (χ1n) is 7.41. The van der Waals surface area contributed by atoms with Crippen molar-refractivity contribution in [3.63, 3.8) is 0 Å². The summed E-state index contributed by atoms with van der Waals surface area (Å²) in [6.07, 6.45) is 9.47. The zero-order valence-corrected chi connectivity index (χ0v) is 11.4. The Balaban J connectivity index is 1.70. The molecule has 1 saturated heterocycles. The van der Waals surface area contributed by atoms with Crippen molar-refractivity contribution in [3.05, 3.63) is 29.8 Å². The first-order chi connectivity index (χ1) is 8.84. The third kappa shape index (κ3) is 4.69. The molecule has 0 atom stereocenters. The smallest absolute Gasteiger partial charge is 0.0316 e. The van der Waals surface area contributed by atoms with E-state index < -0.39 is 0 Å². The lowest BCUT2D eigenvalue weighted by Crippen LogP contribution is -2.28. The van der Waals surface area contributed by atoms with Crippen molar-refractivity contribution in [2.75, 3.05) is 25.4 Å². The number of anilines is 1. The van der Waals surface area contributed by atoms with Crippen LogP contribution in [0.2, 0.25) is 0 Å². The van der Waals surface area contributed by atoms with Gasteiger partial charge in [-0.1, -0.05) is 31.4 Å². The molecular weight excluding hydrogens is 220 g/mol. The van der Waals surface area contributed by atoms with Crippen LogP contribution in [0.5, 0.6) is 0 Å². The van der Waals surface area contributed by atoms with Gasteiger partial charge in [0.05, 0.1) is 0 Å². The van der Waals surface area contributed by atoms with E-state index in [2.05, 4.69) is 23.1 Å². The molecule has 2 N–H and O–H groups in total. The number of hydrogen-bond donors (Lipinski definition) is 1. The molecule has 0 saturated carbocycles. The molecule has 18 heavy (non-hydrogen) atoms. The number of aryl methyl sites for hydroxylation is 1. The summed E-state index contributed by atoms with van der Waals surface area (Å²) in [4.78, 5) is 2.64. The fourth-order valence-electron chi connectivity index (χ4n) is 2.79. The van der Waals surface area contributed by atoms with E-state index in [-0.39, 0.29) is 0 Å². The SMILES string of the molecule is Nc1cccc(CCCN2CCCCCCC2)c1. The van der Waals surface area contributed by atoms with Crippen molar-refractivity contribution in [1.82, 2.24) is 4.90 Å². The Bertz CT molecular complexity index is 341. The van der Waals surface area contributed by atoms with Gasteiger partial charge in [0.1, 0.15) is 0 Å². The molecule has 0 aliphatic carbocycles. The van der Waals surface area contributed by atoms with Gasteiger partial charge in [-0.15, -0.1) is 0 Å². The Labute approximate surface area is 111 Å². The highest BCUT2D eigenvalue weighted by molar-refractivity contribution is 5.40. The number of likely N-dealkylation sites (tertiary alicyclic amines) is 1. The molecule has 1 fully saturated rings. The molecule has 0 unspecified atom stereocenters. The molecule has 100 valence electrons. The highest BCUT2D eigenvalue weighted by Gasteiger charge is 2.07. The van der Waals surface area contributed by atoms with Crippen LogP contribution >= 0.6 is 0 Å². The number of benzene rings is 1. The largest absolute Gasteiger partial charge is 0.399 e. The van der Waals surface area contributed by atoms with Crippen molar-refractivity contribution in [3.8, 4) is 0 Å². The van der Waals surface area contributed by atoms with Crippen LogP contribution < -0.4 is 5.73 Å². The molecule has 1 aliphatic heterocycles. The van der Waals surface area contributed by atoms with Gasteiger partial charge >= 0.3 is 0 Å². The Morgan fingerprint density at radius 3 is 2.44 bits per heavy atom. The third-order valence-corrected chi connectivity index (χ3v) is 3.84. The van der Waals surface area contributed by atoms with Crippen molar-refractivity contribution in [2.24, 2.45) is 0 Å². The maximum absolute atomic E-state index is 5.80. The maximum Gasteiger partial charge on any atom is 0.0316 e. The predicted molar refractivity (Wildman–Crippen MR) is 78.7 cm³/mol.